The first kappa shape index (κ1) is 16.4. The molecule has 21 heavy (non-hydrogen) atoms. The lowest BCUT2D eigenvalue weighted by molar-refractivity contribution is 0.585. The minimum absolute atomic E-state index is 0.147. The second kappa shape index (κ2) is 6.85. The highest BCUT2D eigenvalue weighted by Gasteiger charge is 2.22. The third kappa shape index (κ3) is 3.27. The van der Waals surface area contributed by atoms with E-state index in [1.165, 1.54) is 11.5 Å². The van der Waals surface area contributed by atoms with E-state index >= 15 is 0 Å². The van der Waals surface area contributed by atoms with Crippen molar-refractivity contribution in [2.75, 3.05) is 0 Å². The van der Waals surface area contributed by atoms with Gasteiger partial charge in [-0.05, 0) is 30.8 Å². The molecule has 0 aliphatic rings. The van der Waals surface area contributed by atoms with Crippen molar-refractivity contribution in [1.29, 1.82) is 0 Å². The van der Waals surface area contributed by atoms with Gasteiger partial charge in [-0.3, -0.25) is 4.68 Å². The van der Waals surface area contributed by atoms with E-state index in [2.05, 4.69) is 42.4 Å². The molecule has 5 nitrogen and oxygen atoms in total. The summed E-state index contributed by atoms with van der Waals surface area (Å²) in [7, 11) is 0. The summed E-state index contributed by atoms with van der Waals surface area (Å²) in [4.78, 5) is 1.04. The highest BCUT2D eigenvalue weighted by Crippen LogP contribution is 2.30. The standard InChI is InChI=1S/C14H22ClN5S/c1-5-10-12(15)11(20(6-2)18-10)7-9(16)14-13(8(3)4)17-19-21-14/h8-9H,5-7,16H2,1-4H3. The van der Waals surface area contributed by atoms with E-state index in [1.54, 1.807) is 0 Å². The van der Waals surface area contributed by atoms with E-state index in [4.69, 9.17) is 17.3 Å². The molecule has 1 atom stereocenters. The topological polar surface area (TPSA) is 69.6 Å². The van der Waals surface area contributed by atoms with Gasteiger partial charge in [-0.15, -0.1) is 5.10 Å². The first-order valence-corrected chi connectivity index (χ1v) is 8.46. The molecule has 0 fully saturated rings. The van der Waals surface area contributed by atoms with Crippen molar-refractivity contribution in [3.8, 4) is 0 Å². The molecule has 116 valence electrons. The normalized spacial score (nSPS) is 13.1. The average Bonchev–Trinajstić information content (AvgIpc) is 3.05. The Balaban J connectivity index is 2.29. The fourth-order valence-corrected chi connectivity index (χ4v) is 3.53. The highest BCUT2D eigenvalue weighted by molar-refractivity contribution is 7.05. The lowest BCUT2D eigenvalue weighted by atomic mass is 10.0. The van der Waals surface area contributed by atoms with Crippen LogP contribution >= 0.6 is 23.1 Å². The molecule has 0 bridgehead atoms. The predicted molar refractivity (Wildman–Crippen MR) is 86.9 cm³/mol. The molecule has 0 amide bonds. The molecule has 2 aromatic rings. The molecule has 1 unspecified atom stereocenters. The van der Waals surface area contributed by atoms with Crippen LogP contribution in [0.5, 0.6) is 0 Å². The van der Waals surface area contributed by atoms with E-state index in [1.807, 2.05) is 4.68 Å². The molecule has 2 aromatic heterocycles. The molecular weight excluding hydrogens is 306 g/mol. The second-order valence-electron chi connectivity index (χ2n) is 5.36. The number of nitrogens with zero attached hydrogens (tertiary/aromatic N) is 4. The fourth-order valence-electron chi connectivity index (χ4n) is 2.38. The summed E-state index contributed by atoms with van der Waals surface area (Å²) >= 11 is 7.83. The van der Waals surface area contributed by atoms with Crippen LogP contribution in [0.25, 0.3) is 0 Å². The molecule has 2 N–H and O–H groups in total. The minimum Gasteiger partial charge on any atom is -0.323 e. The zero-order valence-corrected chi connectivity index (χ0v) is 14.5. The van der Waals surface area contributed by atoms with Crippen molar-refractivity contribution in [2.45, 2.75) is 59.0 Å². The zero-order chi connectivity index (χ0) is 15.6. The van der Waals surface area contributed by atoms with Gasteiger partial charge in [0.15, 0.2) is 0 Å². The summed E-state index contributed by atoms with van der Waals surface area (Å²) in [5, 5.41) is 9.49. The maximum atomic E-state index is 6.45. The van der Waals surface area contributed by atoms with Crippen LogP contribution in [0.15, 0.2) is 0 Å². The molecule has 2 heterocycles. The van der Waals surface area contributed by atoms with E-state index in [0.29, 0.717) is 12.3 Å². The van der Waals surface area contributed by atoms with Crippen molar-refractivity contribution in [1.82, 2.24) is 19.4 Å². The smallest absolute Gasteiger partial charge is 0.0850 e. The monoisotopic (exact) mass is 327 g/mol. The van der Waals surface area contributed by atoms with Gasteiger partial charge in [-0.1, -0.05) is 36.9 Å². The van der Waals surface area contributed by atoms with Gasteiger partial charge in [0.1, 0.15) is 0 Å². The van der Waals surface area contributed by atoms with Crippen molar-refractivity contribution in [2.24, 2.45) is 5.73 Å². The SMILES string of the molecule is CCc1nn(CC)c(CC(N)c2snnc2C(C)C)c1Cl. The maximum absolute atomic E-state index is 6.45. The molecule has 0 radical (unpaired) electrons. The van der Waals surface area contributed by atoms with Gasteiger partial charge in [0.2, 0.25) is 0 Å². The summed E-state index contributed by atoms with van der Waals surface area (Å²) < 4.78 is 6.00. The first-order chi connectivity index (χ1) is 9.99. The van der Waals surface area contributed by atoms with E-state index < -0.39 is 0 Å². The summed E-state index contributed by atoms with van der Waals surface area (Å²) in [5.41, 5.74) is 9.32. The van der Waals surface area contributed by atoms with Crippen LogP contribution in [-0.4, -0.2) is 19.4 Å². The number of nitrogens with two attached hydrogens (primary N) is 1. The van der Waals surface area contributed by atoms with Crippen LogP contribution in [0.2, 0.25) is 5.02 Å². The summed E-state index contributed by atoms with van der Waals surface area (Å²) in [6, 6.07) is -0.147. The Morgan fingerprint density at radius 2 is 2.05 bits per heavy atom. The van der Waals surface area contributed by atoms with Crippen molar-refractivity contribution in [3.05, 3.63) is 27.0 Å². The van der Waals surface area contributed by atoms with Gasteiger partial charge in [0, 0.05) is 19.0 Å². The number of halogens is 1. The van der Waals surface area contributed by atoms with Gasteiger partial charge in [-0.2, -0.15) is 5.10 Å². The molecule has 0 spiro atoms. The van der Waals surface area contributed by atoms with Crippen LogP contribution in [-0.2, 0) is 19.4 Å². The molecule has 2 rings (SSSR count). The molecule has 7 heteroatoms. The predicted octanol–water partition coefficient (Wildman–Crippen LogP) is 3.34. The van der Waals surface area contributed by atoms with Crippen LogP contribution < -0.4 is 5.73 Å². The van der Waals surface area contributed by atoms with Gasteiger partial charge in [-0.25, -0.2) is 0 Å². The Kier molecular flexibility index (Phi) is 5.35. The van der Waals surface area contributed by atoms with Crippen molar-refractivity contribution < 1.29 is 0 Å². The van der Waals surface area contributed by atoms with Crippen molar-refractivity contribution >= 4 is 23.1 Å². The van der Waals surface area contributed by atoms with Gasteiger partial charge in [0.25, 0.3) is 0 Å². The first-order valence-electron chi connectivity index (χ1n) is 7.31. The molecule has 0 aliphatic heterocycles. The number of hydrogen-bond acceptors (Lipinski definition) is 5. The van der Waals surface area contributed by atoms with Crippen molar-refractivity contribution in [3.63, 3.8) is 0 Å². The Morgan fingerprint density at radius 1 is 1.33 bits per heavy atom. The molecule has 0 saturated carbocycles. The highest BCUT2D eigenvalue weighted by atomic mass is 35.5. The minimum atomic E-state index is -0.147. The van der Waals surface area contributed by atoms with Gasteiger partial charge in [0.05, 0.1) is 27.0 Å². The van der Waals surface area contributed by atoms with Gasteiger partial charge >= 0.3 is 0 Å². The largest absolute Gasteiger partial charge is 0.323 e. The molecule has 0 aromatic carbocycles. The summed E-state index contributed by atoms with van der Waals surface area (Å²) in [5.74, 6) is 0.322. The third-order valence-electron chi connectivity index (χ3n) is 3.53. The lowest BCUT2D eigenvalue weighted by Crippen LogP contribution is -2.17. The van der Waals surface area contributed by atoms with E-state index in [0.717, 1.165) is 39.9 Å². The fraction of sp³-hybridized carbons (Fsp3) is 0.643. The molecule has 0 aliphatic carbocycles. The Bertz CT molecular complexity index is 605. The second-order valence-corrected chi connectivity index (χ2v) is 6.53. The quantitative estimate of drug-likeness (QED) is 0.883. The Morgan fingerprint density at radius 3 is 2.62 bits per heavy atom. The lowest BCUT2D eigenvalue weighted by Gasteiger charge is -2.13. The van der Waals surface area contributed by atoms with Crippen LogP contribution in [0, 0.1) is 0 Å². The maximum Gasteiger partial charge on any atom is 0.0850 e. The number of rotatable bonds is 6. The van der Waals surface area contributed by atoms with E-state index in [-0.39, 0.29) is 6.04 Å². The zero-order valence-electron chi connectivity index (χ0n) is 12.9. The Labute approximate surface area is 134 Å². The van der Waals surface area contributed by atoms with Crippen LogP contribution in [0.3, 0.4) is 0 Å². The summed E-state index contributed by atoms with van der Waals surface area (Å²) in [6.45, 7) is 9.12. The number of hydrogen-bond donors (Lipinski definition) is 1. The molecular formula is C14H22ClN5S. The van der Waals surface area contributed by atoms with Crippen LogP contribution in [0.1, 0.15) is 61.6 Å². The number of aromatic nitrogens is 4. The Hall–Kier alpha value is -0.980. The third-order valence-corrected chi connectivity index (χ3v) is 4.84. The number of aryl methyl sites for hydroxylation is 2. The van der Waals surface area contributed by atoms with Gasteiger partial charge < -0.3 is 5.73 Å². The van der Waals surface area contributed by atoms with Crippen LogP contribution in [0.4, 0.5) is 0 Å². The molecule has 0 saturated heterocycles. The average molecular weight is 328 g/mol. The summed E-state index contributed by atoms with van der Waals surface area (Å²) in [6.07, 6.45) is 1.48. The van der Waals surface area contributed by atoms with E-state index in [9.17, 15) is 0 Å².